The van der Waals surface area contributed by atoms with Crippen molar-refractivity contribution in [2.75, 3.05) is 33.2 Å². The summed E-state index contributed by atoms with van der Waals surface area (Å²) in [5.74, 6) is 0. The average molecular weight is 229 g/mol. The van der Waals surface area contributed by atoms with Gasteiger partial charge in [-0.05, 0) is 56.9 Å². The van der Waals surface area contributed by atoms with Crippen LogP contribution in [0.15, 0.2) is 0 Å². The predicted molar refractivity (Wildman–Crippen MR) is 72.4 cm³/mol. The molecule has 0 aliphatic heterocycles. The van der Waals surface area contributed by atoms with Crippen molar-refractivity contribution in [1.82, 2.24) is 4.90 Å². The second kappa shape index (κ2) is 6.58. The molecule has 0 spiro atoms. The fourth-order valence-corrected chi connectivity index (χ4v) is 1.30. The molecule has 0 fully saturated rings. The smallest absolute Gasteiger partial charge is 0.00162 e. The summed E-state index contributed by atoms with van der Waals surface area (Å²) >= 11 is 0. The Bertz CT molecular complexity index is 168. The van der Waals surface area contributed by atoms with Crippen LogP contribution in [0, 0.1) is 10.8 Å². The van der Waals surface area contributed by atoms with Crippen LogP contribution >= 0.6 is 0 Å². The zero-order valence-electron chi connectivity index (χ0n) is 11.8. The maximum atomic E-state index is 5.72. The highest BCUT2D eigenvalue weighted by Gasteiger charge is 2.18. The van der Waals surface area contributed by atoms with Gasteiger partial charge in [0.2, 0.25) is 0 Å². The van der Waals surface area contributed by atoms with Gasteiger partial charge in [-0.1, -0.05) is 27.7 Å². The second-order valence-corrected chi connectivity index (χ2v) is 6.54. The van der Waals surface area contributed by atoms with Crippen molar-refractivity contribution >= 4 is 0 Å². The van der Waals surface area contributed by atoms with Crippen LogP contribution in [0.4, 0.5) is 0 Å². The fourth-order valence-electron chi connectivity index (χ4n) is 1.30. The Morgan fingerprint density at radius 3 is 1.38 bits per heavy atom. The third-order valence-electron chi connectivity index (χ3n) is 3.45. The minimum atomic E-state index is 0.262. The number of hydrogen-bond acceptors (Lipinski definition) is 3. The molecule has 0 aliphatic rings. The van der Waals surface area contributed by atoms with E-state index in [9.17, 15) is 0 Å². The van der Waals surface area contributed by atoms with Crippen LogP contribution in [0.5, 0.6) is 0 Å². The molecular formula is C13H31N3. The molecule has 0 atom stereocenters. The van der Waals surface area contributed by atoms with Gasteiger partial charge in [-0.3, -0.25) is 0 Å². The molecule has 4 N–H and O–H groups in total. The zero-order valence-corrected chi connectivity index (χ0v) is 11.8. The van der Waals surface area contributed by atoms with E-state index in [-0.39, 0.29) is 10.8 Å². The molecule has 0 bridgehead atoms. The number of rotatable bonds is 8. The van der Waals surface area contributed by atoms with E-state index in [0.717, 1.165) is 39.0 Å². The first-order chi connectivity index (χ1) is 7.22. The molecular weight excluding hydrogens is 198 g/mol. The van der Waals surface area contributed by atoms with Crippen molar-refractivity contribution in [3.63, 3.8) is 0 Å². The molecule has 16 heavy (non-hydrogen) atoms. The summed E-state index contributed by atoms with van der Waals surface area (Å²) in [5.41, 5.74) is 12.0. The van der Waals surface area contributed by atoms with E-state index in [0.29, 0.717) is 0 Å². The van der Waals surface area contributed by atoms with Crippen LogP contribution in [0.1, 0.15) is 40.5 Å². The molecule has 0 saturated carbocycles. The fraction of sp³-hybridized carbons (Fsp3) is 1.00. The van der Waals surface area contributed by atoms with Crippen molar-refractivity contribution in [2.24, 2.45) is 22.3 Å². The molecule has 98 valence electrons. The minimum Gasteiger partial charge on any atom is -0.330 e. The molecule has 0 aromatic rings. The highest BCUT2D eigenvalue weighted by Crippen LogP contribution is 2.20. The van der Waals surface area contributed by atoms with Crippen LogP contribution in [0.2, 0.25) is 0 Å². The van der Waals surface area contributed by atoms with Crippen molar-refractivity contribution in [3.8, 4) is 0 Å². The molecule has 0 saturated heterocycles. The van der Waals surface area contributed by atoms with Gasteiger partial charge in [-0.2, -0.15) is 0 Å². The highest BCUT2D eigenvalue weighted by molar-refractivity contribution is 4.73. The summed E-state index contributed by atoms with van der Waals surface area (Å²) in [6.07, 6.45) is 2.31. The molecule has 0 aromatic carbocycles. The SMILES string of the molecule is CN(CCC(C)(C)CN)CCC(C)(C)CN. The van der Waals surface area contributed by atoms with Crippen LogP contribution in [-0.2, 0) is 0 Å². The number of hydrogen-bond donors (Lipinski definition) is 2. The second-order valence-electron chi connectivity index (χ2n) is 6.54. The first kappa shape index (κ1) is 15.9. The summed E-state index contributed by atoms with van der Waals surface area (Å²) in [4.78, 5) is 2.38. The highest BCUT2D eigenvalue weighted by atomic mass is 15.1. The van der Waals surface area contributed by atoms with Crippen LogP contribution < -0.4 is 11.5 Å². The average Bonchev–Trinajstić information content (AvgIpc) is 2.24. The van der Waals surface area contributed by atoms with Gasteiger partial charge in [-0.15, -0.1) is 0 Å². The van der Waals surface area contributed by atoms with E-state index in [4.69, 9.17) is 11.5 Å². The molecule has 0 aliphatic carbocycles. The predicted octanol–water partition coefficient (Wildman–Crippen LogP) is 1.67. The van der Waals surface area contributed by atoms with E-state index < -0.39 is 0 Å². The largest absolute Gasteiger partial charge is 0.330 e. The Hall–Kier alpha value is -0.120. The Balaban J connectivity index is 3.79. The van der Waals surface area contributed by atoms with Gasteiger partial charge in [0.05, 0.1) is 0 Å². The molecule has 0 amide bonds. The van der Waals surface area contributed by atoms with Gasteiger partial charge in [0.1, 0.15) is 0 Å². The third kappa shape index (κ3) is 7.20. The molecule has 3 heteroatoms. The number of nitrogens with zero attached hydrogens (tertiary/aromatic N) is 1. The molecule has 0 rings (SSSR count). The van der Waals surface area contributed by atoms with E-state index in [1.54, 1.807) is 0 Å². The molecule has 0 heterocycles. The maximum absolute atomic E-state index is 5.72. The van der Waals surface area contributed by atoms with E-state index in [2.05, 4.69) is 39.6 Å². The summed E-state index contributed by atoms with van der Waals surface area (Å²) < 4.78 is 0. The van der Waals surface area contributed by atoms with Crippen molar-refractivity contribution in [2.45, 2.75) is 40.5 Å². The zero-order chi connectivity index (χ0) is 12.8. The quantitative estimate of drug-likeness (QED) is 0.665. The summed E-state index contributed by atoms with van der Waals surface area (Å²) in [6.45, 7) is 12.7. The van der Waals surface area contributed by atoms with Gasteiger partial charge in [0, 0.05) is 0 Å². The molecule has 0 aromatic heterocycles. The normalized spacial score (nSPS) is 13.5. The van der Waals surface area contributed by atoms with Crippen LogP contribution in [0.3, 0.4) is 0 Å². The lowest BCUT2D eigenvalue weighted by Gasteiger charge is -2.29. The lowest BCUT2D eigenvalue weighted by molar-refractivity contribution is 0.220. The monoisotopic (exact) mass is 229 g/mol. The first-order valence-electron chi connectivity index (χ1n) is 6.31. The number of nitrogens with two attached hydrogens (primary N) is 2. The summed E-state index contributed by atoms with van der Waals surface area (Å²) in [5, 5.41) is 0. The molecule has 3 nitrogen and oxygen atoms in total. The molecule has 0 radical (unpaired) electrons. The van der Waals surface area contributed by atoms with Gasteiger partial charge in [0.25, 0.3) is 0 Å². The Labute approximate surface area is 102 Å². The first-order valence-corrected chi connectivity index (χ1v) is 6.31. The standard InChI is InChI=1S/C13H31N3/c1-12(2,10-14)6-8-16(5)9-7-13(3,4)11-15/h6-11,14-15H2,1-5H3. The van der Waals surface area contributed by atoms with Crippen LogP contribution in [-0.4, -0.2) is 38.1 Å². The van der Waals surface area contributed by atoms with Gasteiger partial charge >= 0.3 is 0 Å². The summed E-state index contributed by atoms with van der Waals surface area (Å²) in [6, 6.07) is 0. The van der Waals surface area contributed by atoms with Crippen molar-refractivity contribution in [1.29, 1.82) is 0 Å². The Morgan fingerprint density at radius 1 is 0.812 bits per heavy atom. The van der Waals surface area contributed by atoms with Crippen molar-refractivity contribution in [3.05, 3.63) is 0 Å². The van der Waals surface area contributed by atoms with E-state index >= 15 is 0 Å². The van der Waals surface area contributed by atoms with E-state index in [1.165, 1.54) is 0 Å². The maximum Gasteiger partial charge on any atom is -0.00162 e. The lowest BCUT2D eigenvalue weighted by atomic mass is 9.88. The van der Waals surface area contributed by atoms with E-state index in [1.807, 2.05) is 0 Å². The van der Waals surface area contributed by atoms with Gasteiger partial charge in [-0.25, -0.2) is 0 Å². The Kier molecular flexibility index (Phi) is 6.53. The van der Waals surface area contributed by atoms with Crippen LogP contribution in [0.25, 0.3) is 0 Å². The van der Waals surface area contributed by atoms with Gasteiger partial charge < -0.3 is 16.4 Å². The van der Waals surface area contributed by atoms with Gasteiger partial charge in [0.15, 0.2) is 0 Å². The minimum absolute atomic E-state index is 0.262. The topological polar surface area (TPSA) is 55.3 Å². The third-order valence-corrected chi connectivity index (χ3v) is 3.45. The molecule has 0 unspecified atom stereocenters. The van der Waals surface area contributed by atoms with Crippen molar-refractivity contribution < 1.29 is 0 Å². The lowest BCUT2D eigenvalue weighted by Crippen LogP contribution is -2.33. The summed E-state index contributed by atoms with van der Waals surface area (Å²) in [7, 11) is 2.18. The Morgan fingerprint density at radius 2 is 1.12 bits per heavy atom.